The molecule has 31 heavy (non-hydrogen) atoms. The largest absolute Gasteiger partial charge is 0.393 e. The third-order valence-corrected chi connectivity index (χ3v) is 7.99. The lowest BCUT2D eigenvalue weighted by atomic mass is 9.78. The van der Waals surface area contributed by atoms with Gasteiger partial charge in [-0.2, -0.15) is 0 Å². The molecule has 0 N–H and O–H groups in total. The maximum absolute atomic E-state index is 12.7. The Hall–Kier alpha value is -1.84. The first kappa shape index (κ1) is 22.4. The Morgan fingerprint density at radius 1 is 0.839 bits per heavy atom. The number of fused-ring (bicyclic) bond motifs is 2. The second-order valence-electron chi connectivity index (χ2n) is 9.40. The van der Waals surface area contributed by atoms with Gasteiger partial charge in [-0.3, -0.25) is 9.59 Å². The quantitative estimate of drug-likeness (QED) is 0.364. The van der Waals surface area contributed by atoms with Gasteiger partial charge in [0.15, 0.2) is 0 Å². The van der Waals surface area contributed by atoms with Crippen LogP contribution in [0.3, 0.4) is 0 Å². The Labute approximate surface area is 194 Å². The number of hydrogen-bond donors (Lipinski definition) is 0. The van der Waals surface area contributed by atoms with E-state index in [2.05, 4.69) is 19.9 Å². The summed E-state index contributed by atoms with van der Waals surface area (Å²) in [4.78, 5) is 25.5. The van der Waals surface area contributed by atoms with Crippen molar-refractivity contribution in [2.24, 2.45) is 10.8 Å². The van der Waals surface area contributed by atoms with Gasteiger partial charge in [-0.15, -0.1) is 0 Å². The number of ether oxygens (including phenoxy) is 1. The smallest absolute Gasteiger partial charge is 0.314 e. The van der Waals surface area contributed by atoms with Gasteiger partial charge in [0.2, 0.25) is 0 Å². The highest BCUT2D eigenvalue weighted by atomic mass is 35.5. The molecule has 0 saturated heterocycles. The molecule has 0 spiro atoms. The number of rotatable bonds is 6. The van der Waals surface area contributed by atoms with Crippen molar-refractivity contribution < 1.29 is 14.3 Å². The van der Waals surface area contributed by atoms with Crippen LogP contribution in [0.15, 0.2) is 36.4 Å². The molecule has 2 aromatic carbocycles. The molecule has 164 valence electrons. The van der Waals surface area contributed by atoms with E-state index < -0.39 is 11.9 Å². The third kappa shape index (κ3) is 4.54. The van der Waals surface area contributed by atoms with Crippen LogP contribution in [0.25, 0.3) is 0 Å². The maximum Gasteiger partial charge on any atom is 0.314 e. The van der Waals surface area contributed by atoms with E-state index in [4.69, 9.17) is 27.9 Å². The Morgan fingerprint density at radius 2 is 1.45 bits per heavy atom. The number of hydrogen-bond acceptors (Lipinski definition) is 3. The highest BCUT2D eigenvalue weighted by molar-refractivity contribution is 6.31. The number of carbonyl (C=O) groups is 2. The number of benzene rings is 2. The van der Waals surface area contributed by atoms with Crippen molar-refractivity contribution in [3.63, 3.8) is 0 Å². The number of carbonyl (C=O) groups excluding carboxylic acids is 2. The minimum atomic E-state index is -0.430. The first-order valence-corrected chi connectivity index (χ1v) is 11.8. The van der Waals surface area contributed by atoms with Crippen molar-refractivity contribution in [2.75, 3.05) is 0 Å². The molecule has 0 aliphatic heterocycles. The van der Waals surface area contributed by atoms with Gasteiger partial charge in [0, 0.05) is 10.0 Å². The van der Waals surface area contributed by atoms with E-state index in [0.717, 1.165) is 49.1 Å². The molecule has 4 rings (SSSR count). The molecule has 2 atom stereocenters. The van der Waals surface area contributed by atoms with Gasteiger partial charge in [-0.1, -0.05) is 55.2 Å². The lowest BCUT2D eigenvalue weighted by Crippen LogP contribution is -2.30. The summed E-state index contributed by atoms with van der Waals surface area (Å²) in [6.07, 6.45) is 5.28. The molecule has 0 radical (unpaired) electrons. The second kappa shape index (κ2) is 8.60. The van der Waals surface area contributed by atoms with Gasteiger partial charge in [0.1, 0.15) is 0 Å². The van der Waals surface area contributed by atoms with Crippen molar-refractivity contribution in [2.45, 2.75) is 65.2 Å². The maximum atomic E-state index is 12.7. The molecule has 0 aromatic heterocycles. The Balaban J connectivity index is 1.39. The average molecular weight is 459 g/mol. The van der Waals surface area contributed by atoms with E-state index in [1.165, 1.54) is 16.7 Å². The standard InChI is InChI=1S/C26H28Cl2O3/c1-3-25(11-17-8-9-20(27)10-19(17)13-25)15-23(29)31-24(30)16-26(4-2)12-18-6-5-7-22(28)21(18)14-26/h5-10H,3-4,11-16H2,1-2H3. The first-order chi connectivity index (χ1) is 14.8. The minimum Gasteiger partial charge on any atom is -0.393 e. The molecule has 0 bridgehead atoms. The molecule has 2 aliphatic rings. The van der Waals surface area contributed by atoms with Gasteiger partial charge in [-0.25, -0.2) is 0 Å². The van der Waals surface area contributed by atoms with Crippen LogP contribution in [-0.2, 0) is 40.0 Å². The summed E-state index contributed by atoms with van der Waals surface area (Å²) in [5, 5.41) is 1.47. The molecule has 0 fully saturated rings. The SMILES string of the molecule is CCC1(CC(=O)OC(=O)CC2(CC)Cc3cccc(Cl)c3C2)Cc2ccc(Cl)cc2C1. The Kier molecular flexibility index (Phi) is 6.20. The molecule has 0 amide bonds. The monoisotopic (exact) mass is 458 g/mol. The van der Waals surface area contributed by atoms with E-state index in [-0.39, 0.29) is 23.7 Å². The van der Waals surface area contributed by atoms with E-state index >= 15 is 0 Å². The highest BCUT2D eigenvalue weighted by Crippen LogP contribution is 2.46. The van der Waals surface area contributed by atoms with Crippen molar-refractivity contribution in [3.8, 4) is 0 Å². The van der Waals surface area contributed by atoms with E-state index in [9.17, 15) is 9.59 Å². The topological polar surface area (TPSA) is 43.4 Å². The summed E-state index contributed by atoms with van der Waals surface area (Å²) < 4.78 is 5.34. The van der Waals surface area contributed by atoms with Crippen LogP contribution in [0.5, 0.6) is 0 Å². The van der Waals surface area contributed by atoms with Gasteiger partial charge in [0.05, 0.1) is 12.8 Å². The summed E-state index contributed by atoms with van der Waals surface area (Å²) in [7, 11) is 0. The summed E-state index contributed by atoms with van der Waals surface area (Å²) in [5.41, 5.74) is 4.31. The van der Waals surface area contributed by atoms with Crippen LogP contribution in [0, 0.1) is 10.8 Å². The molecule has 5 heteroatoms. The lowest BCUT2D eigenvalue weighted by molar-refractivity contribution is -0.162. The van der Waals surface area contributed by atoms with Crippen LogP contribution in [0.1, 0.15) is 61.8 Å². The van der Waals surface area contributed by atoms with Crippen LogP contribution < -0.4 is 0 Å². The fourth-order valence-electron chi connectivity index (χ4n) is 5.42. The molecule has 2 aliphatic carbocycles. The first-order valence-electron chi connectivity index (χ1n) is 11.0. The number of halogens is 2. The molecular formula is C26H28Cl2O3. The molecule has 2 aromatic rings. The average Bonchev–Trinajstić information content (AvgIpc) is 3.26. The van der Waals surface area contributed by atoms with Crippen LogP contribution in [-0.4, -0.2) is 11.9 Å². The summed E-state index contributed by atoms with van der Waals surface area (Å²) >= 11 is 12.5. The van der Waals surface area contributed by atoms with Crippen molar-refractivity contribution >= 4 is 35.1 Å². The van der Waals surface area contributed by atoms with Gasteiger partial charge in [-0.05, 0) is 89.8 Å². The third-order valence-electron chi connectivity index (χ3n) is 7.40. The van der Waals surface area contributed by atoms with Crippen LogP contribution in [0.2, 0.25) is 10.0 Å². The predicted molar refractivity (Wildman–Crippen MR) is 124 cm³/mol. The summed E-state index contributed by atoms with van der Waals surface area (Å²) in [5.74, 6) is -0.855. The zero-order valence-corrected chi connectivity index (χ0v) is 19.6. The minimum absolute atomic E-state index is 0.204. The highest BCUT2D eigenvalue weighted by Gasteiger charge is 2.41. The molecule has 0 heterocycles. The molecular weight excluding hydrogens is 431 g/mol. The fraction of sp³-hybridized carbons (Fsp3) is 0.462. The second-order valence-corrected chi connectivity index (χ2v) is 10.2. The van der Waals surface area contributed by atoms with Gasteiger partial charge >= 0.3 is 11.9 Å². The van der Waals surface area contributed by atoms with E-state index in [0.29, 0.717) is 5.02 Å². The summed E-state index contributed by atoms with van der Waals surface area (Å²) in [6.45, 7) is 4.18. The van der Waals surface area contributed by atoms with Crippen molar-refractivity contribution in [3.05, 3.63) is 68.7 Å². The van der Waals surface area contributed by atoms with Crippen molar-refractivity contribution in [1.29, 1.82) is 0 Å². The van der Waals surface area contributed by atoms with Crippen LogP contribution in [0.4, 0.5) is 0 Å². The zero-order valence-electron chi connectivity index (χ0n) is 18.1. The van der Waals surface area contributed by atoms with E-state index in [1.54, 1.807) is 0 Å². The van der Waals surface area contributed by atoms with Gasteiger partial charge in [0.25, 0.3) is 0 Å². The van der Waals surface area contributed by atoms with Gasteiger partial charge < -0.3 is 4.74 Å². The Morgan fingerprint density at radius 3 is 2.10 bits per heavy atom. The summed E-state index contributed by atoms with van der Waals surface area (Å²) in [6, 6.07) is 11.8. The van der Waals surface area contributed by atoms with Crippen LogP contribution >= 0.6 is 23.2 Å². The molecule has 2 unspecified atom stereocenters. The fourth-order valence-corrected chi connectivity index (χ4v) is 5.88. The predicted octanol–water partition coefficient (Wildman–Crippen LogP) is 6.53. The molecule has 3 nitrogen and oxygen atoms in total. The normalized spacial score (nSPS) is 24.0. The lowest BCUT2D eigenvalue weighted by Gasteiger charge is -2.28. The number of esters is 2. The van der Waals surface area contributed by atoms with Crippen molar-refractivity contribution in [1.82, 2.24) is 0 Å². The zero-order chi connectivity index (χ0) is 22.2. The Bertz CT molecular complexity index is 1030. The molecule has 0 saturated carbocycles. The van der Waals surface area contributed by atoms with E-state index in [1.807, 2.05) is 30.3 Å².